The fourth-order valence-electron chi connectivity index (χ4n) is 2.70. The molecular formula is C17H25NO3. The number of piperidine rings is 1. The molecule has 2 rings (SSSR count). The van der Waals surface area contributed by atoms with Crippen molar-refractivity contribution in [3.8, 4) is 5.75 Å². The quantitative estimate of drug-likeness (QED) is 0.837. The molecule has 116 valence electrons. The number of hydrogen-bond donors (Lipinski definition) is 0. The molecule has 0 saturated carbocycles. The number of rotatable bonds is 5. The van der Waals surface area contributed by atoms with E-state index in [1.54, 1.807) is 7.11 Å². The average molecular weight is 291 g/mol. The van der Waals surface area contributed by atoms with Gasteiger partial charge in [-0.15, -0.1) is 0 Å². The van der Waals surface area contributed by atoms with Crippen molar-refractivity contribution in [3.63, 3.8) is 0 Å². The van der Waals surface area contributed by atoms with Gasteiger partial charge >= 0.3 is 0 Å². The van der Waals surface area contributed by atoms with Crippen molar-refractivity contribution in [1.82, 2.24) is 4.90 Å². The molecule has 1 aliphatic rings. The number of ether oxygens (including phenoxy) is 2. The van der Waals surface area contributed by atoms with Crippen molar-refractivity contribution in [3.05, 3.63) is 29.8 Å². The number of nitrogens with zero attached hydrogens (tertiary/aromatic N) is 1. The largest absolute Gasteiger partial charge is 0.497 e. The third-order valence-electron chi connectivity index (χ3n) is 3.75. The number of amides is 1. The van der Waals surface area contributed by atoms with Crippen molar-refractivity contribution < 1.29 is 14.3 Å². The van der Waals surface area contributed by atoms with Crippen molar-refractivity contribution in [1.29, 1.82) is 0 Å². The second-order valence-electron chi connectivity index (χ2n) is 5.79. The summed E-state index contributed by atoms with van der Waals surface area (Å²) >= 11 is 0. The van der Waals surface area contributed by atoms with E-state index in [0.29, 0.717) is 12.5 Å². The number of likely N-dealkylation sites (tertiary alicyclic amines) is 1. The van der Waals surface area contributed by atoms with Crippen LogP contribution in [0.3, 0.4) is 0 Å². The Labute approximate surface area is 127 Å². The molecule has 0 atom stereocenters. The summed E-state index contributed by atoms with van der Waals surface area (Å²) in [6, 6.07) is 7.70. The molecule has 0 aliphatic carbocycles. The van der Waals surface area contributed by atoms with Gasteiger partial charge in [0.25, 0.3) is 0 Å². The van der Waals surface area contributed by atoms with Crippen LogP contribution < -0.4 is 4.74 Å². The summed E-state index contributed by atoms with van der Waals surface area (Å²) in [5.74, 6) is 0.982. The van der Waals surface area contributed by atoms with Crippen LogP contribution in [-0.4, -0.2) is 43.2 Å². The second kappa shape index (κ2) is 7.46. The van der Waals surface area contributed by atoms with Crippen LogP contribution in [0.5, 0.6) is 5.75 Å². The normalized spacial score (nSPS) is 16.3. The molecule has 0 aromatic heterocycles. The summed E-state index contributed by atoms with van der Waals surface area (Å²) in [6.45, 7) is 5.70. The third-order valence-corrected chi connectivity index (χ3v) is 3.75. The van der Waals surface area contributed by atoms with Crippen molar-refractivity contribution >= 4 is 5.91 Å². The number of benzene rings is 1. The van der Waals surface area contributed by atoms with Gasteiger partial charge in [-0.2, -0.15) is 0 Å². The number of carbonyl (C=O) groups is 1. The molecule has 0 bridgehead atoms. The van der Waals surface area contributed by atoms with E-state index in [-0.39, 0.29) is 12.0 Å². The smallest absolute Gasteiger partial charge is 0.226 e. The van der Waals surface area contributed by atoms with Gasteiger partial charge in [-0.25, -0.2) is 0 Å². The fraction of sp³-hybridized carbons (Fsp3) is 0.588. The highest BCUT2D eigenvalue weighted by Crippen LogP contribution is 2.18. The van der Waals surface area contributed by atoms with Crippen LogP contribution in [-0.2, 0) is 16.0 Å². The monoisotopic (exact) mass is 291 g/mol. The first-order chi connectivity index (χ1) is 10.1. The molecule has 21 heavy (non-hydrogen) atoms. The number of carbonyl (C=O) groups excluding carboxylic acids is 1. The maximum absolute atomic E-state index is 12.3. The fourth-order valence-corrected chi connectivity index (χ4v) is 2.70. The van der Waals surface area contributed by atoms with Gasteiger partial charge in [0.2, 0.25) is 5.91 Å². The summed E-state index contributed by atoms with van der Waals surface area (Å²) in [7, 11) is 1.64. The molecule has 1 heterocycles. The van der Waals surface area contributed by atoms with E-state index < -0.39 is 0 Å². The lowest BCUT2D eigenvalue weighted by molar-refractivity contribution is -0.133. The first-order valence-electron chi connectivity index (χ1n) is 7.64. The Balaban J connectivity index is 1.84. The summed E-state index contributed by atoms with van der Waals surface area (Å²) in [5.41, 5.74) is 1.000. The van der Waals surface area contributed by atoms with E-state index in [1.165, 1.54) is 0 Å². The molecular weight excluding hydrogens is 266 g/mol. The third kappa shape index (κ3) is 4.74. The van der Waals surface area contributed by atoms with Crippen LogP contribution in [0.1, 0.15) is 32.3 Å². The molecule has 0 radical (unpaired) electrons. The Kier molecular flexibility index (Phi) is 5.62. The molecule has 0 spiro atoms. The van der Waals surface area contributed by atoms with E-state index in [4.69, 9.17) is 9.47 Å². The van der Waals surface area contributed by atoms with Gasteiger partial charge in [0.05, 0.1) is 25.7 Å². The minimum Gasteiger partial charge on any atom is -0.497 e. The zero-order valence-corrected chi connectivity index (χ0v) is 13.2. The van der Waals surface area contributed by atoms with E-state index >= 15 is 0 Å². The summed E-state index contributed by atoms with van der Waals surface area (Å²) in [6.07, 6.45) is 2.86. The predicted octanol–water partition coefficient (Wildman–Crippen LogP) is 2.65. The van der Waals surface area contributed by atoms with Gasteiger partial charge in [-0.1, -0.05) is 12.1 Å². The van der Waals surface area contributed by atoms with E-state index in [2.05, 4.69) is 13.8 Å². The molecule has 4 nitrogen and oxygen atoms in total. The average Bonchev–Trinajstić information content (AvgIpc) is 2.47. The van der Waals surface area contributed by atoms with Crippen LogP contribution in [0.4, 0.5) is 0 Å². The second-order valence-corrected chi connectivity index (χ2v) is 5.79. The zero-order chi connectivity index (χ0) is 15.2. The van der Waals surface area contributed by atoms with Gasteiger partial charge in [0, 0.05) is 13.1 Å². The molecule has 0 N–H and O–H groups in total. The van der Waals surface area contributed by atoms with Crippen molar-refractivity contribution in [2.45, 2.75) is 45.3 Å². The Morgan fingerprint density at radius 2 is 2.05 bits per heavy atom. The Hall–Kier alpha value is -1.55. The summed E-state index contributed by atoms with van der Waals surface area (Å²) < 4.78 is 11.0. The first-order valence-corrected chi connectivity index (χ1v) is 7.64. The molecule has 1 aromatic carbocycles. The topological polar surface area (TPSA) is 38.8 Å². The predicted molar refractivity (Wildman–Crippen MR) is 82.5 cm³/mol. The molecule has 1 aliphatic heterocycles. The molecule has 4 heteroatoms. The van der Waals surface area contributed by atoms with Crippen LogP contribution in [0.15, 0.2) is 24.3 Å². The van der Waals surface area contributed by atoms with Crippen LogP contribution >= 0.6 is 0 Å². The minimum absolute atomic E-state index is 0.186. The maximum atomic E-state index is 12.3. The van der Waals surface area contributed by atoms with Gasteiger partial charge in [0.1, 0.15) is 5.75 Å². The van der Waals surface area contributed by atoms with Crippen molar-refractivity contribution in [2.75, 3.05) is 20.2 Å². The standard InChI is InChI=1S/C17H25NO3/c1-13(2)21-15-7-9-18(10-8-15)17(19)12-14-5-4-6-16(11-14)20-3/h4-6,11,13,15H,7-10,12H2,1-3H3. The van der Waals surface area contributed by atoms with Gasteiger partial charge < -0.3 is 14.4 Å². The van der Waals surface area contributed by atoms with Gasteiger partial charge in [-0.05, 0) is 44.4 Å². The highest BCUT2D eigenvalue weighted by molar-refractivity contribution is 5.79. The molecule has 1 amide bonds. The Morgan fingerprint density at radius 1 is 1.33 bits per heavy atom. The SMILES string of the molecule is COc1cccc(CC(=O)N2CCC(OC(C)C)CC2)c1. The molecule has 1 fully saturated rings. The lowest BCUT2D eigenvalue weighted by atomic mass is 10.1. The van der Waals surface area contributed by atoms with Crippen molar-refractivity contribution in [2.24, 2.45) is 0 Å². The van der Waals surface area contributed by atoms with Crippen LogP contribution in [0, 0.1) is 0 Å². The molecule has 1 aromatic rings. The van der Waals surface area contributed by atoms with Crippen LogP contribution in [0.2, 0.25) is 0 Å². The Bertz CT molecular complexity index is 465. The summed E-state index contributed by atoms with van der Waals surface area (Å²) in [4.78, 5) is 14.3. The van der Waals surface area contributed by atoms with E-state index in [9.17, 15) is 4.79 Å². The molecule has 0 unspecified atom stereocenters. The first kappa shape index (κ1) is 15.8. The lowest BCUT2D eigenvalue weighted by Crippen LogP contribution is -2.42. The minimum atomic E-state index is 0.186. The highest BCUT2D eigenvalue weighted by Gasteiger charge is 2.23. The zero-order valence-electron chi connectivity index (χ0n) is 13.2. The highest BCUT2D eigenvalue weighted by atomic mass is 16.5. The van der Waals surface area contributed by atoms with E-state index in [0.717, 1.165) is 37.2 Å². The van der Waals surface area contributed by atoms with Gasteiger partial charge in [-0.3, -0.25) is 4.79 Å². The number of methoxy groups -OCH3 is 1. The number of hydrogen-bond acceptors (Lipinski definition) is 3. The maximum Gasteiger partial charge on any atom is 0.226 e. The Morgan fingerprint density at radius 3 is 2.67 bits per heavy atom. The van der Waals surface area contributed by atoms with Crippen LogP contribution in [0.25, 0.3) is 0 Å². The summed E-state index contributed by atoms with van der Waals surface area (Å²) in [5, 5.41) is 0. The lowest BCUT2D eigenvalue weighted by Gasteiger charge is -2.33. The molecule has 1 saturated heterocycles. The van der Waals surface area contributed by atoms with E-state index in [1.807, 2.05) is 29.2 Å². The van der Waals surface area contributed by atoms with Gasteiger partial charge in [0.15, 0.2) is 0 Å².